The Morgan fingerprint density at radius 3 is 2.67 bits per heavy atom. The van der Waals surface area contributed by atoms with Crippen molar-refractivity contribution in [2.75, 3.05) is 5.32 Å². The molecule has 0 unspecified atom stereocenters. The van der Waals surface area contributed by atoms with E-state index in [0.717, 1.165) is 5.39 Å². The maximum atomic E-state index is 11.7. The second-order valence-electron chi connectivity index (χ2n) is 3.72. The number of rotatable bonds is 2. The summed E-state index contributed by atoms with van der Waals surface area (Å²) in [7, 11) is 0. The van der Waals surface area contributed by atoms with Gasteiger partial charge in [-0.1, -0.05) is 53.0 Å². The number of alkyl halides is 3. The van der Waals surface area contributed by atoms with Gasteiger partial charge in [0.2, 0.25) is 5.91 Å². The van der Waals surface area contributed by atoms with Crippen molar-refractivity contribution < 1.29 is 4.79 Å². The third kappa shape index (κ3) is 3.48. The van der Waals surface area contributed by atoms with Gasteiger partial charge in [-0.05, 0) is 12.1 Å². The number of benzene rings is 1. The van der Waals surface area contributed by atoms with Gasteiger partial charge in [0.05, 0.1) is 17.6 Å². The fraction of sp³-hybridized carbons (Fsp3) is 0.167. The van der Waals surface area contributed by atoms with Crippen LogP contribution in [0.1, 0.15) is 6.42 Å². The predicted octanol–water partition coefficient (Wildman–Crippen LogP) is 3.93. The van der Waals surface area contributed by atoms with Crippen molar-refractivity contribution in [3.8, 4) is 0 Å². The second-order valence-corrected chi connectivity index (χ2v) is 6.24. The minimum atomic E-state index is -1.60. The summed E-state index contributed by atoms with van der Waals surface area (Å²) in [6, 6.07) is 9.23. The molecule has 1 amide bonds. The molecule has 0 radical (unpaired) electrons. The standard InChI is InChI=1S/C12H9Cl3N2O/c13-12(14,15)7-10(18)17-9-5-1-3-8-4-2-6-16-11(8)9/h1-6H,7H2,(H,17,18). The number of amides is 1. The van der Waals surface area contributed by atoms with Crippen LogP contribution in [-0.2, 0) is 4.79 Å². The minimum absolute atomic E-state index is 0.207. The average Bonchev–Trinajstić information content (AvgIpc) is 2.27. The van der Waals surface area contributed by atoms with E-state index in [-0.39, 0.29) is 12.3 Å². The van der Waals surface area contributed by atoms with Crippen LogP contribution in [0.5, 0.6) is 0 Å². The molecule has 1 aromatic carbocycles. The fourth-order valence-electron chi connectivity index (χ4n) is 1.58. The van der Waals surface area contributed by atoms with Gasteiger partial charge < -0.3 is 5.32 Å². The number of para-hydroxylation sites is 1. The van der Waals surface area contributed by atoms with Crippen LogP contribution in [-0.4, -0.2) is 14.7 Å². The zero-order valence-electron chi connectivity index (χ0n) is 9.16. The van der Waals surface area contributed by atoms with Gasteiger partial charge >= 0.3 is 0 Å². The Morgan fingerprint density at radius 1 is 1.22 bits per heavy atom. The summed E-state index contributed by atoms with van der Waals surface area (Å²) < 4.78 is -1.60. The van der Waals surface area contributed by atoms with E-state index in [1.54, 1.807) is 12.3 Å². The Balaban J connectivity index is 2.24. The van der Waals surface area contributed by atoms with Crippen LogP contribution in [0.4, 0.5) is 5.69 Å². The molecule has 0 spiro atoms. The van der Waals surface area contributed by atoms with Crippen LogP contribution in [0.2, 0.25) is 0 Å². The first-order chi connectivity index (χ1) is 8.46. The second kappa shape index (κ2) is 5.31. The molecule has 2 rings (SSSR count). The number of hydrogen-bond acceptors (Lipinski definition) is 2. The van der Waals surface area contributed by atoms with Crippen molar-refractivity contribution in [1.29, 1.82) is 0 Å². The molecule has 3 nitrogen and oxygen atoms in total. The lowest BCUT2D eigenvalue weighted by molar-refractivity contribution is -0.116. The van der Waals surface area contributed by atoms with Crippen LogP contribution in [0.3, 0.4) is 0 Å². The number of halogens is 3. The number of nitrogens with zero attached hydrogens (tertiary/aromatic N) is 1. The topological polar surface area (TPSA) is 42.0 Å². The number of nitrogens with one attached hydrogen (secondary N) is 1. The summed E-state index contributed by atoms with van der Waals surface area (Å²) in [5.74, 6) is -0.367. The fourth-order valence-corrected chi connectivity index (χ4v) is 1.95. The monoisotopic (exact) mass is 302 g/mol. The molecule has 0 aliphatic carbocycles. The van der Waals surface area contributed by atoms with Crippen molar-refractivity contribution in [2.24, 2.45) is 0 Å². The van der Waals surface area contributed by atoms with E-state index >= 15 is 0 Å². The zero-order chi connectivity index (χ0) is 13.2. The first-order valence-electron chi connectivity index (χ1n) is 5.16. The van der Waals surface area contributed by atoms with Gasteiger partial charge in [-0.3, -0.25) is 9.78 Å². The number of carbonyl (C=O) groups is 1. The van der Waals surface area contributed by atoms with Gasteiger partial charge in [0.1, 0.15) is 0 Å². The number of aromatic nitrogens is 1. The van der Waals surface area contributed by atoms with E-state index in [1.807, 2.05) is 24.3 Å². The lowest BCUT2D eigenvalue weighted by atomic mass is 10.2. The third-order valence-electron chi connectivity index (χ3n) is 2.27. The van der Waals surface area contributed by atoms with Crippen molar-refractivity contribution in [3.05, 3.63) is 36.5 Å². The Kier molecular flexibility index (Phi) is 3.95. The molecule has 94 valence electrons. The zero-order valence-corrected chi connectivity index (χ0v) is 11.4. The lowest BCUT2D eigenvalue weighted by Crippen LogP contribution is -2.19. The Labute approximate surface area is 119 Å². The molecule has 18 heavy (non-hydrogen) atoms. The van der Waals surface area contributed by atoms with Crippen molar-refractivity contribution >= 4 is 57.3 Å². The summed E-state index contributed by atoms with van der Waals surface area (Å²) in [6.45, 7) is 0. The molecule has 0 saturated heterocycles. The number of carbonyl (C=O) groups excluding carboxylic acids is 1. The Hall–Kier alpha value is -1.03. The summed E-state index contributed by atoms with van der Waals surface area (Å²) in [5, 5.41) is 3.62. The van der Waals surface area contributed by atoms with Gasteiger partial charge in [0.15, 0.2) is 3.79 Å². The first kappa shape index (κ1) is 13.4. The average molecular weight is 304 g/mol. The predicted molar refractivity (Wildman–Crippen MR) is 75.3 cm³/mol. The van der Waals surface area contributed by atoms with Gasteiger partial charge in [0.25, 0.3) is 0 Å². The smallest absolute Gasteiger partial charge is 0.228 e. The molecule has 6 heteroatoms. The highest BCUT2D eigenvalue weighted by atomic mass is 35.6. The quantitative estimate of drug-likeness (QED) is 0.854. The molecule has 0 atom stereocenters. The van der Waals surface area contributed by atoms with Crippen LogP contribution < -0.4 is 5.32 Å². The molecule has 1 aromatic heterocycles. The molecule has 0 bridgehead atoms. The first-order valence-corrected chi connectivity index (χ1v) is 6.29. The highest BCUT2D eigenvalue weighted by Crippen LogP contribution is 2.30. The molecule has 1 N–H and O–H groups in total. The van der Waals surface area contributed by atoms with E-state index < -0.39 is 3.79 Å². The van der Waals surface area contributed by atoms with Gasteiger partial charge in [-0.2, -0.15) is 0 Å². The summed E-state index contributed by atoms with van der Waals surface area (Å²) >= 11 is 16.7. The van der Waals surface area contributed by atoms with E-state index in [0.29, 0.717) is 11.2 Å². The highest BCUT2D eigenvalue weighted by molar-refractivity contribution is 6.68. The molecule has 0 fully saturated rings. The Bertz CT molecular complexity index is 576. The molecule has 1 heterocycles. The summed E-state index contributed by atoms with van der Waals surface area (Å²) in [5.41, 5.74) is 1.31. The summed E-state index contributed by atoms with van der Waals surface area (Å²) in [4.78, 5) is 15.9. The number of fused-ring (bicyclic) bond motifs is 1. The molecule has 0 aliphatic rings. The largest absolute Gasteiger partial charge is 0.324 e. The van der Waals surface area contributed by atoms with Gasteiger partial charge in [-0.25, -0.2) is 0 Å². The van der Waals surface area contributed by atoms with Crippen LogP contribution in [0, 0.1) is 0 Å². The third-order valence-corrected chi connectivity index (χ3v) is 2.67. The molecular weight excluding hydrogens is 295 g/mol. The van der Waals surface area contributed by atoms with Crippen molar-refractivity contribution in [3.63, 3.8) is 0 Å². The minimum Gasteiger partial charge on any atom is -0.324 e. The number of pyridine rings is 1. The number of anilines is 1. The van der Waals surface area contributed by atoms with E-state index in [9.17, 15) is 4.79 Å². The van der Waals surface area contributed by atoms with E-state index in [2.05, 4.69) is 10.3 Å². The lowest BCUT2D eigenvalue weighted by Gasteiger charge is -2.11. The molecule has 2 aromatic rings. The van der Waals surface area contributed by atoms with Crippen molar-refractivity contribution in [1.82, 2.24) is 4.98 Å². The summed E-state index contributed by atoms with van der Waals surface area (Å²) in [6.07, 6.45) is 1.45. The molecular formula is C12H9Cl3N2O. The molecule has 0 saturated carbocycles. The van der Waals surface area contributed by atoms with E-state index in [1.165, 1.54) is 0 Å². The number of hydrogen-bond donors (Lipinski definition) is 1. The van der Waals surface area contributed by atoms with Crippen LogP contribution >= 0.6 is 34.8 Å². The van der Waals surface area contributed by atoms with E-state index in [4.69, 9.17) is 34.8 Å². The molecule has 0 aliphatic heterocycles. The van der Waals surface area contributed by atoms with Crippen LogP contribution in [0.15, 0.2) is 36.5 Å². The highest BCUT2D eigenvalue weighted by Gasteiger charge is 2.24. The van der Waals surface area contributed by atoms with Crippen molar-refractivity contribution in [2.45, 2.75) is 10.2 Å². The van der Waals surface area contributed by atoms with Gasteiger partial charge in [0, 0.05) is 11.6 Å². The van der Waals surface area contributed by atoms with Gasteiger partial charge in [-0.15, -0.1) is 0 Å². The maximum absolute atomic E-state index is 11.7. The Morgan fingerprint density at radius 2 is 1.94 bits per heavy atom. The van der Waals surface area contributed by atoms with Crippen LogP contribution in [0.25, 0.3) is 10.9 Å². The SMILES string of the molecule is O=C(CC(Cl)(Cl)Cl)Nc1cccc2cccnc12. The normalized spacial score (nSPS) is 11.5. The maximum Gasteiger partial charge on any atom is 0.228 e.